The van der Waals surface area contributed by atoms with Gasteiger partial charge in [0.2, 0.25) is 20.0 Å². The van der Waals surface area contributed by atoms with Crippen molar-refractivity contribution in [2.45, 2.75) is 29.6 Å². The molecule has 8 nitrogen and oxygen atoms in total. The van der Waals surface area contributed by atoms with Gasteiger partial charge in [0, 0.05) is 32.2 Å². The molecule has 2 aromatic rings. The number of piperazine rings is 1. The van der Waals surface area contributed by atoms with Crippen LogP contribution in [0.3, 0.4) is 0 Å². The second-order valence-electron chi connectivity index (χ2n) is 7.55. The van der Waals surface area contributed by atoms with Crippen molar-refractivity contribution in [3.8, 4) is 11.5 Å². The topological polar surface area (TPSA) is 93.2 Å². The van der Waals surface area contributed by atoms with Gasteiger partial charge in [-0.2, -0.15) is 8.61 Å². The summed E-state index contributed by atoms with van der Waals surface area (Å²) in [6.45, 7) is 4.35. The number of hydrogen-bond donors (Lipinski definition) is 0. The largest absolute Gasteiger partial charge is 0.497 e. The molecule has 0 aromatic heterocycles. The normalized spacial score (nSPS) is 16.4. The van der Waals surface area contributed by atoms with Gasteiger partial charge < -0.3 is 9.47 Å². The zero-order valence-corrected chi connectivity index (χ0v) is 19.7. The van der Waals surface area contributed by atoms with E-state index in [1.807, 2.05) is 26.0 Å². The Morgan fingerprint density at radius 3 is 1.81 bits per heavy atom. The molecule has 31 heavy (non-hydrogen) atoms. The van der Waals surface area contributed by atoms with Crippen molar-refractivity contribution in [2.24, 2.45) is 0 Å². The van der Waals surface area contributed by atoms with Crippen LogP contribution in [0, 0.1) is 0 Å². The molecule has 0 atom stereocenters. The lowest BCUT2D eigenvalue weighted by atomic mass is 10.0. The summed E-state index contributed by atoms with van der Waals surface area (Å²) < 4.78 is 65.2. The van der Waals surface area contributed by atoms with Crippen LogP contribution in [0.2, 0.25) is 0 Å². The average Bonchev–Trinajstić information content (AvgIpc) is 2.78. The fraction of sp³-hybridized carbons (Fsp3) is 0.429. The molecule has 1 aliphatic heterocycles. The molecule has 0 saturated carbocycles. The van der Waals surface area contributed by atoms with Gasteiger partial charge >= 0.3 is 0 Å². The third kappa shape index (κ3) is 4.72. The maximum absolute atomic E-state index is 13.1. The molecule has 3 rings (SSSR count). The Morgan fingerprint density at radius 1 is 0.774 bits per heavy atom. The number of sulfonamides is 2. The van der Waals surface area contributed by atoms with Crippen molar-refractivity contribution < 1.29 is 26.3 Å². The number of nitrogens with zero attached hydrogens (tertiary/aromatic N) is 2. The standard InChI is InChI=1S/C21H28N2O6S2/c1-16(2)17-5-8-19(9-6-17)30(24,25)22-11-13-23(14-12-22)31(26,27)21-10-7-18(28-3)15-20(21)29-4/h5-10,15-16H,11-14H2,1-4H3. The van der Waals surface area contributed by atoms with E-state index in [0.717, 1.165) is 5.56 Å². The molecule has 0 N–H and O–H groups in total. The van der Waals surface area contributed by atoms with E-state index < -0.39 is 20.0 Å². The van der Waals surface area contributed by atoms with E-state index in [0.29, 0.717) is 11.7 Å². The fourth-order valence-corrected chi connectivity index (χ4v) is 6.43. The van der Waals surface area contributed by atoms with Gasteiger partial charge in [0.1, 0.15) is 16.4 Å². The Morgan fingerprint density at radius 2 is 1.32 bits per heavy atom. The summed E-state index contributed by atoms with van der Waals surface area (Å²) in [5.41, 5.74) is 1.06. The van der Waals surface area contributed by atoms with E-state index in [9.17, 15) is 16.8 Å². The van der Waals surface area contributed by atoms with Crippen LogP contribution in [0.25, 0.3) is 0 Å². The summed E-state index contributed by atoms with van der Waals surface area (Å²) in [7, 11) is -4.66. The summed E-state index contributed by atoms with van der Waals surface area (Å²) >= 11 is 0. The molecular weight excluding hydrogens is 440 g/mol. The maximum atomic E-state index is 13.1. The lowest BCUT2D eigenvalue weighted by Gasteiger charge is -2.33. The van der Waals surface area contributed by atoms with Gasteiger partial charge in [-0.3, -0.25) is 0 Å². The van der Waals surface area contributed by atoms with Gasteiger partial charge in [-0.25, -0.2) is 16.8 Å². The Kier molecular flexibility index (Phi) is 6.95. The smallest absolute Gasteiger partial charge is 0.246 e. The van der Waals surface area contributed by atoms with Crippen LogP contribution in [0.1, 0.15) is 25.3 Å². The summed E-state index contributed by atoms with van der Waals surface area (Å²) in [5.74, 6) is 0.968. The van der Waals surface area contributed by atoms with Crippen LogP contribution in [0.15, 0.2) is 52.3 Å². The summed E-state index contributed by atoms with van der Waals surface area (Å²) in [4.78, 5) is 0.237. The molecule has 0 radical (unpaired) electrons. The van der Waals surface area contributed by atoms with Crippen LogP contribution in [0.5, 0.6) is 11.5 Å². The van der Waals surface area contributed by atoms with Gasteiger partial charge in [-0.15, -0.1) is 0 Å². The lowest BCUT2D eigenvalue weighted by Crippen LogP contribution is -2.50. The molecule has 0 amide bonds. The molecule has 1 heterocycles. The van der Waals surface area contributed by atoms with E-state index in [1.54, 1.807) is 18.2 Å². The minimum absolute atomic E-state index is 0.0244. The predicted octanol–water partition coefficient (Wildman–Crippen LogP) is 2.52. The van der Waals surface area contributed by atoms with E-state index in [2.05, 4.69) is 0 Å². The summed E-state index contributed by atoms with van der Waals surface area (Å²) in [6, 6.07) is 11.3. The molecule has 0 aliphatic carbocycles. The van der Waals surface area contributed by atoms with Crippen molar-refractivity contribution in [1.82, 2.24) is 8.61 Å². The number of rotatable bonds is 7. The Bertz CT molecular complexity index is 1120. The van der Waals surface area contributed by atoms with E-state index in [4.69, 9.17) is 9.47 Å². The Hall–Kier alpha value is -2.14. The van der Waals surface area contributed by atoms with Crippen LogP contribution in [-0.4, -0.2) is 65.8 Å². The third-order valence-electron chi connectivity index (χ3n) is 5.37. The van der Waals surface area contributed by atoms with Crippen LogP contribution in [-0.2, 0) is 20.0 Å². The highest BCUT2D eigenvalue weighted by molar-refractivity contribution is 7.89. The quantitative estimate of drug-likeness (QED) is 0.620. The highest BCUT2D eigenvalue weighted by Crippen LogP contribution is 2.31. The predicted molar refractivity (Wildman–Crippen MR) is 118 cm³/mol. The van der Waals surface area contributed by atoms with Gasteiger partial charge in [0.05, 0.1) is 19.1 Å². The first-order chi connectivity index (χ1) is 14.6. The average molecular weight is 469 g/mol. The molecule has 1 aliphatic rings. The van der Waals surface area contributed by atoms with Crippen LogP contribution in [0.4, 0.5) is 0 Å². The van der Waals surface area contributed by atoms with Crippen molar-refractivity contribution in [2.75, 3.05) is 40.4 Å². The summed E-state index contributed by atoms with van der Waals surface area (Å²) in [6.07, 6.45) is 0. The molecule has 0 bridgehead atoms. The number of hydrogen-bond acceptors (Lipinski definition) is 6. The lowest BCUT2D eigenvalue weighted by molar-refractivity contribution is 0.272. The number of benzene rings is 2. The molecule has 1 fully saturated rings. The van der Waals surface area contributed by atoms with Crippen molar-refractivity contribution in [1.29, 1.82) is 0 Å². The first kappa shape index (κ1) is 23.5. The molecule has 10 heteroatoms. The van der Waals surface area contributed by atoms with Gasteiger partial charge in [0.25, 0.3) is 0 Å². The van der Waals surface area contributed by atoms with Crippen LogP contribution >= 0.6 is 0 Å². The zero-order chi connectivity index (χ0) is 22.8. The van der Waals surface area contributed by atoms with Crippen molar-refractivity contribution in [3.63, 3.8) is 0 Å². The monoisotopic (exact) mass is 468 g/mol. The Labute approximate surface area is 184 Å². The minimum Gasteiger partial charge on any atom is -0.497 e. The highest BCUT2D eigenvalue weighted by atomic mass is 32.2. The molecule has 170 valence electrons. The van der Waals surface area contributed by atoms with Crippen molar-refractivity contribution in [3.05, 3.63) is 48.0 Å². The zero-order valence-electron chi connectivity index (χ0n) is 18.1. The Balaban J connectivity index is 1.77. The SMILES string of the molecule is COc1ccc(S(=O)(=O)N2CCN(S(=O)(=O)c3ccc(C(C)C)cc3)CC2)c(OC)c1. The van der Waals surface area contributed by atoms with Gasteiger partial charge in [0.15, 0.2) is 0 Å². The number of ether oxygens (including phenoxy) is 2. The number of methoxy groups -OCH3 is 2. The first-order valence-electron chi connectivity index (χ1n) is 9.93. The second kappa shape index (κ2) is 9.15. The summed E-state index contributed by atoms with van der Waals surface area (Å²) in [5, 5.41) is 0. The molecule has 2 aromatic carbocycles. The van der Waals surface area contributed by atoms with Gasteiger partial charge in [-0.1, -0.05) is 26.0 Å². The van der Waals surface area contributed by atoms with Gasteiger partial charge in [-0.05, 0) is 35.7 Å². The minimum atomic E-state index is -3.85. The highest BCUT2D eigenvalue weighted by Gasteiger charge is 2.35. The van der Waals surface area contributed by atoms with Crippen LogP contribution < -0.4 is 9.47 Å². The van der Waals surface area contributed by atoms with E-state index in [-0.39, 0.29) is 41.7 Å². The molecule has 0 unspecified atom stereocenters. The molecular formula is C21H28N2O6S2. The first-order valence-corrected chi connectivity index (χ1v) is 12.8. The molecule has 1 saturated heterocycles. The van der Waals surface area contributed by atoms with E-state index in [1.165, 1.54) is 35.0 Å². The third-order valence-corrected chi connectivity index (χ3v) is 9.22. The fourth-order valence-electron chi connectivity index (χ4n) is 3.45. The maximum Gasteiger partial charge on any atom is 0.246 e. The molecule has 0 spiro atoms. The van der Waals surface area contributed by atoms with E-state index >= 15 is 0 Å². The second-order valence-corrected chi connectivity index (χ2v) is 11.4. The van der Waals surface area contributed by atoms with Crippen molar-refractivity contribution >= 4 is 20.0 Å².